The highest BCUT2D eigenvalue weighted by molar-refractivity contribution is 7.17. The molecule has 13 heteroatoms. The van der Waals surface area contributed by atoms with E-state index in [0.717, 1.165) is 33.3 Å². The van der Waals surface area contributed by atoms with Gasteiger partial charge >= 0.3 is 0 Å². The number of hydrogen-bond acceptors (Lipinski definition) is 11. The van der Waals surface area contributed by atoms with Gasteiger partial charge in [-0.25, -0.2) is 18.7 Å². The lowest BCUT2D eigenvalue weighted by atomic mass is 9.87. The molecule has 2 atom stereocenters. The number of nitrogens with zero attached hydrogens (tertiary/aromatic N) is 5. The molecule has 8 aromatic rings. The van der Waals surface area contributed by atoms with Crippen LogP contribution in [0.2, 0.25) is 0 Å². The van der Waals surface area contributed by atoms with Crippen LogP contribution in [0.15, 0.2) is 126 Å². The lowest BCUT2D eigenvalue weighted by molar-refractivity contribution is 0.0777. The summed E-state index contributed by atoms with van der Waals surface area (Å²) in [7, 11) is 0. The maximum absolute atomic E-state index is 14.0. The Bertz CT molecular complexity index is 2550. The fraction of sp³-hybridized carbons (Fsp3) is 0.143. The molecule has 0 aliphatic heterocycles. The van der Waals surface area contributed by atoms with Gasteiger partial charge in [0.25, 0.3) is 0 Å². The van der Waals surface area contributed by atoms with Crippen molar-refractivity contribution in [2.75, 3.05) is 23.4 Å². The van der Waals surface area contributed by atoms with Crippen LogP contribution in [0.4, 0.5) is 20.3 Å². The van der Waals surface area contributed by atoms with Gasteiger partial charge in [-0.3, -0.25) is 9.97 Å². The number of fused-ring (bicyclic) bond motifs is 2. The minimum atomic E-state index is -1.64. The van der Waals surface area contributed by atoms with E-state index in [-0.39, 0.29) is 31.2 Å². The number of anilines is 2. The molecule has 0 saturated heterocycles. The summed E-state index contributed by atoms with van der Waals surface area (Å²) in [6, 6.07) is 27.3. The molecule has 0 fully saturated rings. The Balaban J connectivity index is 1.30. The number of benzene rings is 2. The molecule has 0 bridgehead atoms. The van der Waals surface area contributed by atoms with E-state index in [9.17, 15) is 19.0 Å². The van der Waals surface area contributed by atoms with Gasteiger partial charge in [0.05, 0.1) is 18.8 Å². The topological polar surface area (TPSA) is 133 Å². The van der Waals surface area contributed by atoms with Gasteiger partial charge in [0, 0.05) is 81.7 Å². The Morgan fingerprint density at radius 3 is 1.98 bits per heavy atom. The number of halogens is 2. The Morgan fingerprint density at radius 1 is 0.745 bits per heavy atom. The minimum absolute atomic E-state index is 0.0114. The average molecular weight is 772 g/mol. The Hall–Kier alpha value is -5.70. The molecule has 2 unspecified atom stereocenters. The second-order valence-corrected chi connectivity index (χ2v) is 14.8. The predicted octanol–water partition coefficient (Wildman–Crippen LogP) is 8.35. The Labute approximate surface area is 323 Å². The molecule has 0 aliphatic carbocycles. The zero-order valence-electron chi connectivity index (χ0n) is 29.3. The largest absolute Gasteiger partial charge is 0.395 e. The summed E-state index contributed by atoms with van der Waals surface area (Å²) in [5, 5.41) is 32.4. The van der Waals surface area contributed by atoms with E-state index >= 15 is 0 Å². The van der Waals surface area contributed by atoms with E-state index in [2.05, 4.69) is 20.3 Å². The van der Waals surface area contributed by atoms with E-state index in [1.807, 2.05) is 47.2 Å². The molecule has 0 amide bonds. The minimum Gasteiger partial charge on any atom is -0.395 e. The van der Waals surface area contributed by atoms with Crippen LogP contribution in [0, 0.1) is 11.6 Å². The number of thiophene rings is 2. The van der Waals surface area contributed by atoms with Crippen LogP contribution < -0.4 is 16.0 Å². The summed E-state index contributed by atoms with van der Waals surface area (Å²) in [5.74, 6) is -0.280. The van der Waals surface area contributed by atoms with E-state index in [4.69, 9.17) is 10.7 Å². The first-order valence-electron chi connectivity index (χ1n) is 17.5. The molecule has 9 nitrogen and oxygen atoms in total. The van der Waals surface area contributed by atoms with E-state index < -0.39 is 11.8 Å². The summed E-state index contributed by atoms with van der Waals surface area (Å²) in [6.07, 6.45) is 3.73. The first-order chi connectivity index (χ1) is 26.8. The fourth-order valence-corrected chi connectivity index (χ4v) is 8.85. The molecule has 0 radical (unpaired) electrons. The summed E-state index contributed by atoms with van der Waals surface area (Å²) < 4.78 is 28.0. The van der Waals surface area contributed by atoms with Crippen LogP contribution in [0.5, 0.6) is 0 Å². The van der Waals surface area contributed by atoms with Crippen molar-refractivity contribution in [1.82, 2.24) is 19.9 Å². The van der Waals surface area contributed by atoms with Crippen LogP contribution in [0.25, 0.3) is 42.7 Å². The number of rotatable bonds is 13. The smallest absolute Gasteiger partial charge is 0.133 e. The first-order valence-corrected chi connectivity index (χ1v) is 19.3. The second kappa shape index (κ2) is 15.6. The molecule has 55 heavy (non-hydrogen) atoms. The van der Waals surface area contributed by atoms with Gasteiger partial charge in [-0.15, -0.1) is 22.7 Å². The van der Waals surface area contributed by atoms with Crippen LogP contribution in [-0.4, -0.2) is 49.0 Å². The van der Waals surface area contributed by atoms with Crippen molar-refractivity contribution in [3.8, 4) is 22.3 Å². The second-order valence-electron chi connectivity index (χ2n) is 13.0. The zero-order chi connectivity index (χ0) is 37.9. The molecule has 8 rings (SSSR count). The van der Waals surface area contributed by atoms with Crippen LogP contribution >= 0.6 is 22.7 Å². The summed E-state index contributed by atoms with van der Waals surface area (Å²) in [5.41, 5.74) is 11.8. The maximum Gasteiger partial charge on any atom is 0.133 e. The van der Waals surface area contributed by atoms with Crippen molar-refractivity contribution >= 4 is 54.6 Å². The van der Waals surface area contributed by atoms with Crippen molar-refractivity contribution in [2.45, 2.75) is 24.7 Å². The molecule has 2 aromatic carbocycles. The van der Waals surface area contributed by atoms with E-state index in [0.29, 0.717) is 44.4 Å². The van der Waals surface area contributed by atoms with Crippen LogP contribution in [-0.2, 0) is 13.0 Å². The van der Waals surface area contributed by atoms with Crippen molar-refractivity contribution < 1.29 is 19.0 Å². The molecular weight excluding hydrogens is 737 g/mol. The SMILES string of the molecule is NC(Cc1ccccn1)(C(O)c1ccnc2scc(-c3ccc(F)cc3)c12)N(CCO)c1cc(NCc2ccccn2)c2c(-c3ccc(F)cc3)csc2n1. The van der Waals surface area contributed by atoms with Gasteiger partial charge in [0.2, 0.25) is 0 Å². The van der Waals surface area contributed by atoms with Crippen molar-refractivity contribution in [1.29, 1.82) is 0 Å². The summed E-state index contributed by atoms with van der Waals surface area (Å²) in [4.78, 5) is 21.9. The molecular formula is C42H35F2N7O2S2. The number of pyridine rings is 4. The van der Waals surface area contributed by atoms with Crippen LogP contribution in [0.1, 0.15) is 23.1 Å². The number of hydrogen-bond donors (Lipinski definition) is 4. The highest BCUT2D eigenvalue weighted by Gasteiger charge is 2.43. The summed E-state index contributed by atoms with van der Waals surface area (Å²) >= 11 is 2.84. The molecule has 5 N–H and O–H groups in total. The molecule has 6 heterocycles. The summed E-state index contributed by atoms with van der Waals surface area (Å²) in [6.45, 7) is 0.0970. The van der Waals surface area contributed by atoms with Crippen molar-refractivity contribution in [3.63, 3.8) is 0 Å². The lowest BCUT2D eigenvalue weighted by Crippen LogP contribution is -2.63. The highest BCUT2D eigenvalue weighted by Crippen LogP contribution is 2.44. The van der Waals surface area contributed by atoms with Gasteiger partial charge < -0.3 is 26.2 Å². The number of aliphatic hydroxyl groups is 2. The molecule has 0 saturated carbocycles. The highest BCUT2D eigenvalue weighted by atomic mass is 32.1. The monoisotopic (exact) mass is 771 g/mol. The standard InChI is InChI=1S/C42H35F2N7O2S2/c43-28-11-7-26(8-12-28)33-24-54-40-37(33)32(15-18-48-40)39(53)42(45,22-30-5-1-3-16-46-30)51(19-20-52)36-21-35(49-23-31-6-2-4-17-47-31)38-34(25-55-41(38)50-36)27-9-13-29(44)14-10-27/h1-18,21,24-25,39,52-53H,19-20,22-23,45H2,(H,49,50). The van der Waals surface area contributed by atoms with Crippen molar-refractivity contribution in [3.05, 3.63) is 155 Å². The Morgan fingerprint density at radius 2 is 1.36 bits per heavy atom. The van der Waals surface area contributed by atoms with E-state index in [1.165, 1.54) is 46.9 Å². The number of aromatic nitrogens is 4. The van der Waals surface area contributed by atoms with Gasteiger partial charge in [-0.2, -0.15) is 0 Å². The predicted molar refractivity (Wildman–Crippen MR) is 216 cm³/mol. The quantitative estimate of drug-likeness (QED) is 0.0854. The number of nitrogens with two attached hydrogens (primary N) is 1. The molecule has 276 valence electrons. The molecule has 0 spiro atoms. The van der Waals surface area contributed by atoms with Gasteiger partial charge in [0.15, 0.2) is 0 Å². The fourth-order valence-electron chi connectivity index (χ4n) is 6.93. The average Bonchev–Trinajstić information content (AvgIpc) is 3.85. The normalized spacial score (nSPS) is 13.2. The molecule has 6 aromatic heterocycles. The third kappa shape index (κ3) is 7.27. The van der Waals surface area contributed by atoms with E-state index in [1.54, 1.807) is 59.9 Å². The number of nitrogens with one attached hydrogen (secondary N) is 1. The lowest BCUT2D eigenvalue weighted by Gasteiger charge is -2.45. The van der Waals surface area contributed by atoms with Gasteiger partial charge in [-0.1, -0.05) is 36.4 Å². The zero-order valence-corrected chi connectivity index (χ0v) is 30.9. The van der Waals surface area contributed by atoms with Gasteiger partial charge in [0.1, 0.15) is 38.9 Å². The molecule has 0 aliphatic rings. The maximum atomic E-state index is 14.0. The third-order valence-electron chi connectivity index (χ3n) is 9.59. The van der Waals surface area contributed by atoms with Crippen LogP contribution in [0.3, 0.4) is 0 Å². The Kier molecular flexibility index (Phi) is 10.3. The number of aliphatic hydroxyl groups excluding tert-OH is 2. The third-order valence-corrected chi connectivity index (χ3v) is 11.4. The van der Waals surface area contributed by atoms with Gasteiger partial charge in [-0.05, 0) is 71.3 Å². The van der Waals surface area contributed by atoms with Crippen molar-refractivity contribution in [2.24, 2.45) is 5.73 Å². The first kappa shape index (κ1) is 36.3.